The molecule has 8 nitrogen and oxygen atoms in total. The molecule has 1 fully saturated rings. The van der Waals surface area contributed by atoms with Gasteiger partial charge in [0.25, 0.3) is 0 Å². The second-order valence-electron chi connectivity index (χ2n) is 9.91. The number of esters is 1. The summed E-state index contributed by atoms with van der Waals surface area (Å²) in [4.78, 5) is 25.8. The van der Waals surface area contributed by atoms with Crippen LogP contribution in [0.1, 0.15) is 68.1 Å². The predicted molar refractivity (Wildman–Crippen MR) is 126 cm³/mol. The van der Waals surface area contributed by atoms with Crippen LogP contribution in [-0.4, -0.2) is 39.3 Å². The van der Waals surface area contributed by atoms with Crippen LogP contribution in [0.5, 0.6) is 5.88 Å². The maximum absolute atomic E-state index is 14.1. The van der Waals surface area contributed by atoms with Crippen LogP contribution in [0.2, 0.25) is 0 Å². The summed E-state index contributed by atoms with van der Waals surface area (Å²) in [5.41, 5.74) is 6.46. The Morgan fingerprint density at radius 3 is 2.68 bits per heavy atom. The van der Waals surface area contributed by atoms with Gasteiger partial charge in [0, 0.05) is 23.9 Å². The van der Waals surface area contributed by atoms with Crippen molar-refractivity contribution < 1.29 is 18.7 Å². The molecule has 3 aromatic heterocycles. The first kappa shape index (κ1) is 22.5. The molecule has 0 saturated heterocycles. The van der Waals surface area contributed by atoms with E-state index < -0.39 is 11.2 Å². The fourth-order valence-corrected chi connectivity index (χ4v) is 4.04. The van der Waals surface area contributed by atoms with Crippen molar-refractivity contribution in [2.75, 3.05) is 11.9 Å². The van der Waals surface area contributed by atoms with Crippen LogP contribution >= 0.6 is 0 Å². The Bertz CT molecular complexity index is 1290. The molecule has 0 amide bonds. The highest BCUT2D eigenvalue weighted by molar-refractivity contribution is 5.93. The van der Waals surface area contributed by atoms with E-state index in [1.165, 1.54) is 0 Å². The molecule has 0 bridgehead atoms. The highest BCUT2D eigenvalue weighted by Gasteiger charge is 2.44. The number of pyridine rings is 3. The molecule has 0 unspecified atom stereocenters. The van der Waals surface area contributed by atoms with Crippen LogP contribution in [0, 0.1) is 0 Å². The van der Waals surface area contributed by atoms with E-state index in [0.29, 0.717) is 47.0 Å². The van der Waals surface area contributed by atoms with Crippen molar-refractivity contribution in [1.29, 1.82) is 0 Å². The zero-order valence-electron chi connectivity index (χ0n) is 19.7. The third kappa shape index (κ3) is 4.16. The van der Waals surface area contributed by atoms with Gasteiger partial charge in [-0.2, -0.15) is 0 Å². The molecule has 0 spiro atoms. The van der Waals surface area contributed by atoms with Gasteiger partial charge in [-0.25, -0.2) is 24.1 Å². The van der Waals surface area contributed by atoms with E-state index in [1.807, 2.05) is 33.8 Å². The zero-order chi connectivity index (χ0) is 24.3. The second kappa shape index (κ2) is 7.87. The lowest BCUT2D eigenvalue weighted by molar-refractivity contribution is 0.0235. The lowest BCUT2D eigenvalue weighted by Crippen LogP contribution is -2.29. The summed E-state index contributed by atoms with van der Waals surface area (Å²) in [6, 6.07) is 5.29. The van der Waals surface area contributed by atoms with Crippen molar-refractivity contribution >= 4 is 28.4 Å². The average molecular weight is 466 g/mol. The molecule has 0 aromatic carbocycles. The van der Waals surface area contributed by atoms with Gasteiger partial charge in [-0.3, -0.25) is 0 Å². The SMILES string of the molecule is C[C@@H]1OC(=O)c2ccc(Nc3cc4c(C(C)(C)N)cnc(OCC5(F)CC5)c4cn3)nc2[C@H]1C. The number of hydrogen-bond donors (Lipinski definition) is 2. The summed E-state index contributed by atoms with van der Waals surface area (Å²) in [5.74, 6) is 1.05. The van der Waals surface area contributed by atoms with E-state index in [9.17, 15) is 9.18 Å². The lowest BCUT2D eigenvalue weighted by atomic mass is 9.93. The van der Waals surface area contributed by atoms with E-state index >= 15 is 0 Å². The van der Waals surface area contributed by atoms with Gasteiger partial charge in [0.1, 0.15) is 30.0 Å². The van der Waals surface area contributed by atoms with E-state index in [-0.39, 0.29) is 24.6 Å². The summed E-state index contributed by atoms with van der Waals surface area (Å²) >= 11 is 0. The number of anilines is 2. The minimum atomic E-state index is -1.26. The minimum Gasteiger partial charge on any atom is -0.474 e. The third-order valence-electron chi connectivity index (χ3n) is 6.52. The number of halogens is 1. The molecule has 5 rings (SSSR count). The van der Waals surface area contributed by atoms with Crippen molar-refractivity contribution in [3.05, 3.63) is 47.4 Å². The van der Waals surface area contributed by atoms with Gasteiger partial charge in [0.15, 0.2) is 0 Å². The molecule has 3 aromatic rings. The summed E-state index contributed by atoms with van der Waals surface area (Å²) in [6.45, 7) is 7.60. The number of ether oxygens (including phenoxy) is 2. The normalized spacial score (nSPS) is 21.1. The van der Waals surface area contributed by atoms with Crippen LogP contribution in [0.4, 0.5) is 16.0 Å². The van der Waals surface area contributed by atoms with E-state index in [0.717, 1.165) is 10.9 Å². The quantitative estimate of drug-likeness (QED) is 0.512. The van der Waals surface area contributed by atoms with Crippen LogP contribution in [0.15, 0.2) is 30.6 Å². The van der Waals surface area contributed by atoms with Crippen LogP contribution in [0.3, 0.4) is 0 Å². The zero-order valence-corrected chi connectivity index (χ0v) is 19.7. The lowest BCUT2D eigenvalue weighted by Gasteiger charge is -2.27. The van der Waals surface area contributed by atoms with Gasteiger partial charge in [-0.05, 0) is 62.8 Å². The summed E-state index contributed by atoms with van der Waals surface area (Å²) in [5, 5.41) is 4.69. The molecular weight excluding hydrogens is 437 g/mol. The van der Waals surface area contributed by atoms with Crippen molar-refractivity contribution in [2.45, 2.75) is 63.8 Å². The number of alkyl halides is 1. The van der Waals surface area contributed by atoms with Crippen molar-refractivity contribution in [3.63, 3.8) is 0 Å². The Morgan fingerprint density at radius 2 is 1.97 bits per heavy atom. The Morgan fingerprint density at radius 1 is 1.21 bits per heavy atom. The molecule has 0 radical (unpaired) electrons. The highest BCUT2D eigenvalue weighted by atomic mass is 19.1. The Labute approximate surface area is 197 Å². The molecule has 1 aliphatic heterocycles. The van der Waals surface area contributed by atoms with Gasteiger partial charge in [0.05, 0.1) is 16.6 Å². The van der Waals surface area contributed by atoms with Crippen molar-refractivity contribution in [2.24, 2.45) is 5.73 Å². The van der Waals surface area contributed by atoms with E-state index in [1.54, 1.807) is 24.5 Å². The Hall–Kier alpha value is -3.33. The summed E-state index contributed by atoms with van der Waals surface area (Å²) in [7, 11) is 0. The number of rotatable bonds is 6. The number of hydrogen-bond acceptors (Lipinski definition) is 8. The molecule has 2 atom stereocenters. The number of fused-ring (bicyclic) bond motifs is 2. The summed E-state index contributed by atoms with van der Waals surface area (Å²) < 4.78 is 25.2. The number of nitrogens with one attached hydrogen (secondary N) is 1. The smallest absolute Gasteiger partial charge is 0.340 e. The third-order valence-corrected chi connectivity index (χ3v) is 6.52. The first-order chi connectivity index (χ1) is 16.0. The van der Waals surface area contributed by atoms with Gasteiger partial charge in [-0.1, -0.05) is 6.92 Å². The average Bonchev–Trinajstić information content (AvgIpc) is 3.52. The minimum absolute atomic E-state index is 0.0281. The topological polar surface area (TPSA) is 112 Å². The molecule has 4 heterocycles. The highest BCUT2D eigenvalue weighted by Crippen LogP contribution is 2.41. The molecule has 2 aliphatic rings. The number of aromatic nitrogens is 3. The molecule has 3 N–H and O–H groups in total. The molecule has 1 saturated carbocycles. The summed E-state index contributed by atoms with van der Waals surface area (Å²) in [6.07, 6.45) is 4.08. The standard InChI is InChI=1S/C25H28FN5O3/c1-13-14(2)34-23(32)15-5-6-19(31-21(13)15)30-20-9-16-17(10-28-20)22(33-12-25(26)7-8-25)29-11-18(16)24(3,4)27/h5-6,9-11,13-14H,7-8,12,27H2,1-4H3,(H,28,30,31)/t13-,14-/m0/s1. The number of nitrogens with two attached hydrogens (primary N) is 1. The maximum atomic E-state index is 14.1. The second-order valence-corrected chi connectivity index (χ2v) is 9.91. The fraction of sp³-hybridized carbons (Fsp3) is 0.440. The molecule has 9 heteroatoms. The van der Waals surface area contributed by atoms with Gasteiger partial charge in [0.2, 0.25) is 5.88 Å². The predicted octanol–water partition coefficient (Wildman–Crippen LogP) is 4.51. The first-order valence-corrected chi connectivity index (χ1v) is 11.4. The van der Waals surface area contributed by atoms with E-state index in [4.69, 9.17) is 15.2 Å². The van der Waals surface area contributed by atoms with Gasteiger partial charge in [-0.15, -0.1) is 0 Å². The molecule has 34 heavy (non-hydrogen) atoms. The van der Waals surface area contributed by atoms with Crippen LogP contribution < -0.4 is 15.8 Å². The van der Waals surface area contributed by atoms with E-state index in [2.05, 4.69) is 20.3 Å². The number of carbonyl (C=O) groups excluding carboxylic acids is 1. The molecule has 178 valence electrons. The largest absolute Gasteiger partial charge is 0.474 e. The molecular formula is C25H28FN5O3. The first-order valence-electron chi connectivity index (χ1n) is 11.4. The number of nitrogens with zero attached hydrogens (tertiary/aromatic N) is 3. The fourth-order valence-electron chi connectivity index (χ4n) is 4.04. The van der Waals surface area contributed by atoms with Crippen molar-refractivity contribution in [1.82, 2.24) is 15.0 Å². The number of cyclic esters (lactones) is 1. The van der Waals surface area contributed by atoms with Crippen molar-refractivity contribution in [3.8, 4) is 5.88 Å². The molecule has 1 aliphatic carbocycles. The van der Waals surface area contributed by atoms with Crippen LogP contribution in [-0.2, 0) is 10.3 Å². The van der Waals surface area contributed by atoms with Crippen LogP contribution in [0.25, 0.3) is 10.8 Å². The monoisotopic (exact) mass is 465 g/mol. The Kier molecular flexibility index (Phi) is 5.20. The maximum Gasteiger partial charge on any atom is 0.340 e. The number of carbonyl (C=O) groups is 1. The van der Waals surface area contributed by atoms with Gasteiger partial charge >= 0.3 is 5.97 Å². The van der Waals surface area contributed by atoms with Gasteiger partial charge < -0.3 is 20.5 Å². The Balaban J connectivity index is 1.50.